The molecule has 37 heavy (non-hydrogen) atoms. The highest BCUT2D eigenvalue weighted by atomic mass is 16.5. The Morgan fingerprint density at radius 1 is 1.03 bits per heavy atom. The third kappa shape index (κ3) is 6.33. The molecule has 0 fully saturated rings. The molecular weight excluding hydrogens is 474 g/mol. The van der Waals surface area contributed by atoms with Gasteiger partial charge < -0.3 is 30.6 Å². The lowest BCUT2D eigenvalue weighted by molar-refractivity contribution is -0.136. The Balaban J connectivity index is 0.000000405. The van der Waals surface area contributed by atoms with Crippen molar-refractivity contribution in [2.24, 2.45) is 0 Å². The highest BCUT2D eigenvalue weighted by molar-refractivity contribution is 5.89. The first-order valence-corrected chi connectivity index (χ1v) is 11.7. The third-order valence-corrected chi connectivity index (χ3v) is 5.98. The maximum Gasteiger partial charge on any atom is 0.338 e. The van der Waals surface area contributed by atoms with Crippen LogP contribution in [0, 0.1) is 0 Å². The Hall–Kier alpha value is -4.63. The van der Waals surface area contributed by atoms with Crippen LogP contribution in [0.2, 0.25) is 0 Å². The lowest BCUT2D eigenvalue weighted by atomic mass is 9.94. The molecule has 0 saturated carbocycles. The van der Waals surface area contributed by atoms with E-state index in [1.165, 1.54) is 16.6 Å². The van der Waals surface area contributed by atoms with Gasteiger partial charge in [0.05, 0.1) is 11.6 Å². The van der Waals surface area contributed by atoms with Crippen LogP contribution < -0.4 is 10.6 Å². The Bertz CT molecular complexity index is 1380. The quantitative estimate of drug-likeness (QED) is 0.193. The predicted molar refractivity (Wildman–Crippen MR) is 137 cm³/mol. The number of ether oxygens (including phenoxy) is 1. The molecule has 1 amide bonds. The van der Waals surface area contributed by atoms with E-state index in [1.54, 1.807) is 24.3 Å². The number of aromatic hydroxyl groups is 1. The average Bonchev–Trinajstić information content (AvgIpc) is 3.31. The van der Waals surface area contributed by atoms with E-state index in [2.05, 4.69) is 28.5 Å². The molecule has 4 aromatic rings. The molecule has 0 bridgehead atoms. The summed E-state index contributed by atoms with van der Waals surface area (Å²) < 4.78 is 5.39. The lowest BCUT2D eigenvalue weighted by Crippen LogP contribution is -2.30. The van der Waals surface area contributed by atoms with Crippen molar-refractivity contribution < 1.29 is 29.3 Å². The summed E-state index contributed by atoms with van der Waals surface area (Å²) in [6.45, 7) is 0.781. The summed E-state index contributed by atoms with van der Waals surface area (Å²) in [5.74, 6) is -1.21. The van der Waals surface area contributed by atoms with Crippen molar-refractivity contribution in [1.29, 1.82) is 0 Å². The van der Waals surface area contributed by atoms with Crippen molar-refractivity contribution in [2.75, 3.05) is 13.1 Å². The molecule has 1 aromatic heterocycles. The molecule has 5 rings (SSSR count). The second-order valence-electron chi connectivity index (χ2n) is 8.46. The van der Waals surface area contributed by atoms with E-state index in [0.29, 0.717) is 12.0 Å². The lowest BCUT2D eigenvalue weighted by Gasteiger charge is -2.25. The first-order chi connectivity index (χ1) is 18.0. The number of aliphatic carboxylic acids is 1. The number of benzene rings is 3. The molecule has 0 spiro atoms. The number of carboxylic acids is 1. The van der Waals surface area contributed by atoms with Crippen LogP contribution in [0.5, 0.6) is 5.75 Å². The monoisotopic (exact) mass is 501 g/mol. The number of carbonyl (C=O) groups is 3. The number of para-hydroxylation sites is 1. The van der Waals surface area contributed by atoms with Crippen LogP contribution in [0.4, 0.5) is 0 Å². The van der Waals surface area contributed by atoms with E-state index in [0.717, 1.165) is 29.6 Å². The number of hydrogen-bond acceptors (Lipinski definition) is 6. The standard InChI is InChI=1S/C25H22N2O3.C3H5NO3/c28-19-11-5-16(6-12-19)15-30-25(29)18-9-7-17(8-10-18)23-24-21(13-14-26-23)20-3-1-2-4-22(20)27-24;5-2-4-1-3(6)7/h1-12,23,26-28H,13-15H2;2H,1H2,(H,4,5)(H,6,7). The molecule has 1 aliphatic rings. The molecule has 1 atom stereocenters. The van der Waals surface area contributed by atoms with Gasteiger partial charge in [-0.15, -0.1) is 0 Å². The maximum atomic E-state index is 12.4. The summed E-state index contributed by atoms with van der Waals surface area (Å²) in [6, 6.07) is 22.7. The molecule has 0 radical (unpaired) electrons. The van der Waals surface area contributed by atoms with E-state index in [9.17, 15) is 19.5 Å². The van der Waals surface area contributed by atoms with Gasteiger partial charge in [0.1, 0.15) is 18.9 Å². The van der Waals surface area contributed by atoms with Gasteiger partial charge in [-0.25, -0.2) is 4.79 Å². The second-order valence-corrected chi connectivity index (χ2v) is 8.46. The number of fused-ring (bicyclic) bond motifs is 3. The Morgan fingerprint density at radius 3 is 2.43 bits per heavy atom. The van der Waals surface area contributed by atoms with Crippen LogP contribution in [-0.2, 0) is 27.4 Å². The number of aromatic amines is 1. The number of esters is 1. The van der Waals surface area contributed by atoms with E-state index in [1.807, 2.05) is 35.6 Å². The molecule has 0 aliphatic carbocycles. The summed E-state index contributed by atoms with van der Waals surface area (Å²) in [6.07, 6.45) is 1.34. The summed E-state index contributed by atoms with van der Waals surface area (Å²) in [5.41, 5.74) is 6.18. The molecule has 5 N–H and O–H groups in total. The SMILES string of the molecule is O=C(OCc1ccc(O)cc1)c1ccc(C2NCCc3c2[nH]c2ccccc32)cc1.O=CNCC(=O)O. The molecule has 1 aliphatic heterocycles. The fourth-order valence-corrected chi connectivity index (χ4v) is 4.23. The summed E-state index contributed by atoms with van der Waals surface area (Å²) in [4.78, 5) is 34.8. The predicted octanol–water partition coefficient (Wildman–Crippen LogP) is 3.28. The minimum atomic E-state index is -1.04. The van der Waals surface area contributed by atoms with E-state index < -0.39 is 5.97 Å². The Kier molecular flexibility index (Phi) is 8.17. The van der Waals surface area contributed by atoms with Crippen molar-refractivity contribution in [3.05, 3.63) is 101 Å². The van der Waals surface area contributed by atoms with Gasteiger partial charge in [-0.05, 0) is 53.4 Å². The van der Waals surface area contributed by atoms with Gasteiger partial charge >= 0.3 is 11.9 Å². The van der Waals surface area contributed by atoms with Crippen LogP contribution in [-0.4, -0.2) is 46.6 Å². The van der Waals surface area contributed by atoms with Gasteiger partial charge in [-0.1, -0.05) is 42.5 Å². The highest BCUT2D eigenvalue weighted by Gasteiger charge is 2.25. The van der Waals surface area contributed by atoms with Gasteiger partial charge in [0.25, 0.3) is 0 Å². The van der Waals surface area contributed by atoms with Crippen LogP contribution in [0.3, 0.4) is 0 Å². The zero-order valence-corrected chi connectivity index (χ0v) is 19.9. The topological polar surface area (TPSA) is 141 Å². The van der Waals surface area contributed by atoms with Crippen molar-refractivity contribution in [3.8, 4) is 5.75 Å². The Labute approximate surface area is 213 Å². The summed E-state index contributed by atoms with van der Waals surface area (Å²) >= 11 is 0. The Morgan fingerprint density at radius 2 is 1.76 bits per heavy atom. The zero-order chi connectivity index (χ0) is 26.2. The van der Waals surface area contributed by atoms with E-state index >= 15 is 0 Å². The molecule has 3 aromatic carbocycles. The highest BCUT2D eigenvalue weighted by Crippen LogP contribution is 2.33. The number of rotatable bonds is 7. The summed E-state index contributed by atoms with van der Waals surface area (Å²) in [5, 5.41) is 24.0. The second kappa shape index (κ2) is 11.9. The van der Waals surface area contributed by atoms with Crippen LogP contribution in [0.1, 0.15) is 38.8 Å². The van der Waals surface area contributed by atoms with Gasteiger partial charge in [0.2, 0.25) is 6.41 Å². The molecule has 190 valence electrons. The molecule has 9 nitrogen and oxygen atoms in total. The number of carbonyl (C=O) groups excluding carboxylic acids is 2. The first-order valence-electron chi connectivity index (χ1n) is 11.7. The first kappa shape index (κ1) is 25.5. The average molecular weight is 502 g/mol. The van der Waals surface area contributed by atoms with Crippen molar-refractivity contribution in [1.82, 2.24) is 15.6 Å². The van der Waals surface area contributed by atoms with Crippen molar-refractivity contribution >= 4 is 29.3 Å². The van der Waals surface area contributed by atoms with E-state index in [-0.39, 0.29) is 30.9 Å². The number of aromatic nitrogens is 1. The number of H-pyrrole nitrogens is 1. The number of nitrogens with one attached hydrogen (secondary N) is 3. The number of carboxylic acid groups (broad SMARTS) is 1. The summed E-state index contributed by atoms with van der Waals surface area (Å²) in [7, 11) is 0. The van der Waals surface area contributed by atoms with E-state index in [4.69, 9.17) is 9.84 Å². The van der Waals surface area contributed by atoms with Gasteiger partial charge in [0, 0.05) is 23.1 Å². The number of phenolic OH excluding ortho intramolecular Hbond substituents is 1. The zero-order valence-electron chi connectivity index (χ0n) is 19.9. The van der Waals surface area contributed by atoms with Gasteiger partial charge in [0.15, 0.2) is 0 Å². The van der Waals surface area contributed by atoms with Crippen LogP contribution in [0.25, 0.3) is 10.9 Å². The number of amides is 1. The smallest absolute Gasteiger partial charge is 0.338 e. The number of hydrogen-bond donors (Lipinski definition) is 5. The normalized spacial score (nSPS) is 14.1. The largest absolute Gasteiger partial charge is 0.508 e. The number of phenols is 1. The van der Waals surface area contributed by atoms with Crippen LogP contribution >= 0.6 is 0 Å². The molecular formula is C28H27N3O6. The van der Waals surface area contributed by atoms with Gasteiger partial charge in [-0.2, -0.15) is 0 Å². The molecule has 0 saturated heterocycles. The molecule has 1 unspecified atom stereocenters. The maximum absolute atomic E-state index is 12.4. The van der Waals surface area contributed by atoms with Crippen LogP contribution in [0.15, 0.2) is 72.8 Å². The van der Waals surface area contributed by atoms with Gasteiger partial charge in [-0.3, -0.25) is 9.59 Å². The molecule has 9 heteroatoms. The fourth-order valence-electron chi connectivity index (χ4n) is 4.23. The third-order valence-electron chi connectivity index (χ3n) is 5.98. The minimum absolute atomic E-state index is 0.0724. The van der Waals surface area contributed by atoms with Crippen molar-refractivity contribution in [2.45, 2.75) is 19.1 Å². The fraction of sp³-hybridized carbons (Fsp3) is 0.179. The van der Waals surface area contributed by atoms with Crippen molar-refractivity contribution in [3.63, 3.8) is 0 Å². The molecule has 2 heterocycles. The minimum Gasteiger partial charge on any atom is -0.508 e.